The number of ether oxygens (including phenoxy) is 1. The monoisotopic (exact) mass is 348 g/mol. The van der Waals surface area contributed by atoms with E-state index in [1.54, 1.807) is 20.8 Å². The maximum absolute atomic E-state index is 12.6. The number of carbonyl (C=O) groups is 3. The van der Waals surface area contributed by atoms with Gasteiger partial charge in [-0.2, -0.15) is 0 Å². The van der Waals surface area contributed by atoms with E-state index in [2.05, 4.69) is 5.32 Å². The maximum atomic E-state index is 12.6. The Morgan fingerprint density at radius 1 is 1.24 bits per heavy atom. The van der Waals surface area contributed by atoms with E-state index < -0.39 is 35.7 Å². The minimum atomic E-state index is -1.13. The van der Waals surface area contributed by atoms with Crippen molar-refractivity contribution in [2.75, 3.05) is 0 Å². The average Bonchev–Trinajstić information content (AvgIpc) is 2.51. The predicted octanol–water partition coefficient (Wildman–Crippen LogP) is 1.94. The fourth-order valence-electron chi connectivity index (χ4n) is 2.64. The van der Waals surface area contributed by atoms with Crippen LogP contribution in [-0.4, -0.2) is 45.7 Å². The molecule has 2 rings (SSSR count). The van der Waals surface area contributed by atoms with E-state index in [0.29, 0.717) is 6.42 Å². The van der Waals surface area contributed by atoms with Crippen LogP contribution in [0.3, 0.4) is 0 Å². The summed E-state index contributed by atoms with van der Waals surface area (Å²) in [5, 5.41) is 11.4. The van der Waals surface area contributed by atoms with Gasteiger partial charge in [0.25, 0.3) is 0 Å². The van der Waals surface area contributed by atoms with Crippen molar-refractivity contribution >= 4 is 18.0 Å². The Morgan fingerprint density at radius 2 is 1.84 bits per heavy atom. The summed E-state index contributed by atoms with van der Waals surface area (Å²) in [6, 6.07) is 5.70. The summed E-state index contributed by atoms with van der Waals surface area (Å²) in [4.78, 5) is 37.5. The molecule has 0 aliphatic carbocycles. The first-order valence-corrected chi connectivity index (χ1v) is 8.18. The van der Waals surface area contributed by atoms with Gasteiger partial charge in [0.2, 0.25) is 5.91 Å². The van der Waals surface area contributed by atoms with E-state index in [-0.39, 0.29) is 6.54 Å². The Kier molecular flexibility index (Phi) is 5.35. The summed E-state index contributed by atoms with van der Waals surface area (Å²) in [5.74, 6) is -1.64. The molecule has 1 aliphatic heterocycles. The lowest BCUT2D eigenvalue weighted by Gasteiger charge is -2.37. The summed E-state index contributed by atoms with van der Waals surface area (Å²) in [7, 11) is 0. The average molecular weight is 348 g/mol. The number of nitrogens with zero attached hydrogens (tertiary/aromatic N) is 1. The van der Waals surface area contributed by atoms with Gasteiger partial charge in [0.1, 0.15) is 17.7 Å². The van der Waals surface area contributed by atoms with Crippen LogP contribution in [-0.2, 0) is 27.3 Å². The van der Waals surface area contributed by atoms with Crippen LogP contribution in [0.25, 0.3) is 0 Å². The van der Waals surface area contributed by atoms with Gasteiger partial charge in [-0.15, -0.1) is 0 Å². The summed E-state index contributed by atoms with van der Waals surface area (Å²) >= 11 is 0. The van der Waals surface area contributed by atoms with E-state index >= 15 is 0 Å². The molecule has 2 amide bonds. The lowest BCUT2D eigenvalue weighted by Crippen LogP contribution is -2.55. The van der Waals surface area contributed by atoms with E-state index in [9.17, 15) is 14.4 Å². The molecule has 25 heavy (non-hydrogen) atoms. The second-order valence-electron chi connectivity index (χ2n) is 7.17. The second-order valence-corrected chi connectivity index (χ2v) is 7.17. The van der Waals surface area contributed by atoms with Gasteiger partial charge in [-0.25, -0.2) is 4.79 Å². The number of carboxylic acids is 1. The first-order chi connectivity index (χ1) is 11.6. The van der Waals surface area contributed by atoms with Crippen molar-refractivity contribution in [2.24, 2.45) is 0 Å². The molecular weight excluding hydrogens is 324 g/mol. The second kappa shape index (κ2) is 7.13. The quantitative estimate of drug-likeness (QED) is 0.870. The normalized spacial score (nSPS) is 18.1. The minimum Gasteiger partial charge on any atom is -0.480 e. The molecule has 0 fully saturated rings. The molecule has 7 heteroatoms. The van der Waals surface area contributed by atoms with Crippen molar-refractivity contribution in [3.05, 3.63) is 35.4 Å². The van der Waals surface area contributed by atoms with Gasteiger partial charge in [-0.05, 0) is 38.8 Å². The zero-order valence-electron chi connectivity index (χ0n) is 14.9. The van der Waals surface area contributed by atoms with Crippen molar-refractivity contribution in [2.45, 2.75) is 58.3 Å². The zero-order valence-corrected chi connectivity index (χ0v) is 14.9. The molecule has 1 aliphatic rings. The number of rotatable bonds is 3. The van der Waals surface area contributed by atoms with Gasteiger partial charge in [-0.3, -0.25) is 14.5 Å². The van der Waals surface area contributed by atoms with Crippen LogP contribution < -0.4 is 5.32 Å². The first-order valence-electron chi connectivity index (χ1n) is 8.18. The molecule has 0 bridgehead atoms. The smallest absolute Gasteiger partial charge is 0.411 e. The van der Waals surface area contributed by atoms with Crippen LogP contribution in [0.5, 0.6) is 0 Å². The number of amides is 2. The van der Waals surface area contributed by atoms with Crippen molar-refractivity contribution < 1.29 is 24.2 Å². The molecule has 2 N–H and O–H groups in total. The van der Waals surface area contributed by atoms with Crippen molar-refractivity contribution in [3.63, 3.8) is 0 Å². The maximum Gasteiger partial charge on any atom is 0.411 e. The number of hydrogen-bond acceptors (Lipinski definition) is 4. The molecule has 0 aromatic heterocycles. The Balaban J connectivity index is 2.27. The van der Waals surface area contributed by atoms with Crippen LogP contribution in [0, 0.1) is 0 Å². The zero-order chi connectivity index (χ0) is 18.8. The van der Waals surface area contributed by atoms with Gasteiger partial charge in [0.15, 0.2) is 0 Å². The lowest BCUT2D eigenvalue weighted by molar-refractivity contribution is -0.142. The number of hydrogen-bond donors (Lipinski definition) is 2. The van der Waals surface area contributed by atoms with Crippen molar-refractivity contribution in [1.29, 1.82) is 0 Å². The third kappa shape index (κ3) is 4.71. The molecule has 0 saturated carbocycles. The standard InChI is InChI=1S/C18H24N2O5/c1-11(16(22)23)19-15(21)14-9-12-7-5-6-8-13(12)10-20(14)17(24)25-18(2,3)4/h5-8,11,14H,9-10H2,1-4H3,(H,19,21)(H,22,23)/t11-,14+/m1/s1. The number of carbonyl (C=O) groups excluding carboxylic acids is 2. The molecule has 2 atom stereocenters. The van der Waals surface area contributed by atoms with Crippen LogP contribution in [0.15, 0.2) is 24.3 Å². The van der Waals surface area contributed by atoms with Gasteiger partial charge >= 0.3 is 12.1 Å². The SMILES string of the molecule is C[C@@H](NC(=O)[C@@H]1Cc2ccccc2CN1C(=O)OC(C)(C)C)C(=O)O. The Morgan fingerprint density at radius 3 is 2.40 bits per heavy atom. The first kappa shape index (κ1) is 18.8. The van der Waals surface area contributed by atoms with Crippen molar-refractivity contribution in [1.82, 2.24) is 10.2 Å². The summed E-state index contributed by atoms with van der Waals surface area (Å²) < 4.78 is 5.42. The fourth-order valence-corrected chi connectivity index (χ4v) is 2.64. The van der Waals surface area contributed by atoms with Crippen LogP contribution >= 0.6 is 0 Å². The van der Waals surface area contributed by atoms with E-state index in [1.807, 2.05) is 24.3 Å². The molecule has 0 radical (unpaired) electrons. The molecule has 0 spiro atoms. The van der Waals surface area contributed by atoms with Gasteiger partial charge < -0.3 is 15.2 Å². The predicted molar refractivity (Wildman–Crippen MR) is 91.0 cm³/mol. The third-order valence-electron chi connectivity index (χ3n) is 3.91. The highest BCUT2D eigenvalue weighted by molar-refractivity contribution is 5.89. The highest BCUT2D eigenvalue weighted by Gasteiger charge is 2.37. The van der Waals surface area contributed by atoms with Crippen LogP contribution in [0.2, 0.25) is 0 Å². The molecule has 7 nitrogen and oxygen atoms in total. The molecule has 0 saturated heterocycles. The van der Waals surface area contributed by atoms with Crippen LogP contribution in [0.1, 0.15) is 38.8 Å². The highest BCUT2D eigenvalue weighted by atomic mass is 16.6. The van der Waals surface area contributed by atoms with Gasteiger partial charge in [0.05, 0.1) is 6.54 Å². The van der Waals surface area contributed by atoms with E-state index in [1.165, 1.54) is 11.8 Å². The molecule has 0 unspecified atom stereocenters. The largest absolute Gasteiger partial charge is 0.480 e. The summed E-state index contributed by atoms with van der Waals surface area (Å²) in [5.41, 5.74) is 1.22. The molecule has 1 heterocycles. The van der Waals surface area contributed by atoms with Crippen molar-refractivity contribution in [3.8, 4) is 0 Å². The number of nitrogens with one attached hydrogen (secondary N) is 1. The minimum absolute atomic E-state index is 0.241. The molecule has 1 aromatic rings. The highest BCUT2D eigenvalue weighted by Crippen LogP contribution is 2.25. The Labute approximate surface area is 147 Å². The summed E-state index contributed by atoms with van der Waals surface area (Å²) in [6.45, 7) is 6.89. The van der Waals surface area contributed by atoms with Crippen LogP contribution in [0.4, 0.5) is 4.79 Å². The van der Waals surface area contributed by atoms with Gasteiger partial charge in [0, 0.05) is 6.42 Å². The number of benzene rings is 1. The fraction of sp³-hybridized carbons (Fsp3) is 0.500. The Bertz CT molecular complexity index is 680. The summed E-state index contributed by atoms with van der Waals surface area (Å²) in [6.07, 6.45) is -0.279. The lowest BCUT2D eigenvalue weighted by atomic mass is 9.93. The number of aliphatic carboxylic acids is 1. The number of fused-ring (bicyclic) bond motifs is 1. The third-order valence-corrected chi connectivity index (χ3v) is 3.91. The Hall–Kier alpha value is -2.57. The molecule has 136 valence electrons. The molecule has 1 aromatic carbocycles. The van der Waals surface area contributed by atoms with E-state index in [0.717, 1.165) is 11.1 Å². The van der Waals surface area contributed by atoms with Gasteiger partial charge in [-0.1, -0.05) is 24.3 Å². The van der Waals surface area contributed by atoms with E-state index in [4.69, 9.17) is 9.84 Å². The number of carboxylic acid groups (broad SMARTS) is 1. The molecular formula is C18H24N2O5. The topological polar surface area (TPSA) is 95.9 Å².